The number of hydrogen-bond donors (Lipinski definition) is 1. The number of rotatable bonds is 5. The van der Waals surface area contributed by atoms with Crippen LogP contribution in [0.1, 0.15) is 24.4 Å². The van der Waals surface area contributed by atoms with Gasteiger partial charge in [-0.25, -0.2) is 0 Å². The molecule has 1 aromatic carbocycles. The van der Waals surface area contributed by atoms with Crippen LogP contribution in [0.15, 0.2) is 12.1 Å². The second kappa shape index (κ2) is 6.93. The summed E-state index contributed by atoms with van der Waals surface area (Å²) in [6.07, 6.45) is 3.51. The Labute approximate surface area is 126 Å². The molecule has 0 aromatic heterocycles. The van der Waals surface area contributed by atoms with E-state index in [0.717, 1.165) is 36.5 Å². The Morgan fingerprint density at radius 2 is 2.26 bits per heavy atom. The van der Waals surface area contributed by atoms with Gasteiger partial charge < -0.3 is 10.1 Å². The molecular weight excluding hydrogens is 305 g/mol. The molecule has 0 bridgehead atoms. The van der Waals surface area contributed by atoms with Crippen LogP contribution >= 0.6 is 23.2 Å². The molecule has 1 heterocycles. The number of nitrogens with one attached hydrogen (secondary N) is 1. The van der Waals surface area contributed by atoms with Crippen molar-refractivity contribution in [2.24, 2.45) is 0 Å². The van der Waals surface area contributed by atoms with Crippen LogP contribution in [0, 0.1) is 0 Å². The van der Waals surface area contributed by atoms with Crippen LogP contribution in [0.4, 0.5) is 0 Å². The minimum atomic E-state index is -0.731. The molecule has 0 saturated heterocycles. The van der Waals surface area contributed by atoms with Crippen molar-refractivity contribution in [3.05, 3.63) is 27.7 Å². The maximum absolute atomic E-state index is 11.0. The Morgan fingerprint density at radius 3 is 3.00 bits per heavy atom. The van der Waals surface area contributed by atoms with Crippen LogP contribution < -0.4 is 10.1 Å². The first-order valence-electron chi connectivity index (χ1n) is 6.23. The number of ether oxygens (including phenoxy) is 1. The smallest absolute Gasteiger partial charge is 0.142 e. The van der Waals surface area contributed by atoms with Crippen molar-refractivity contribution in [3.63, 3.8) is 0 Å². The van der Waals surface area contributed by atoms with Crippen molar-refractivity contribution in [2.45, 2.75) is 18.9 Å². The largest absolute Gasteiger partial charge is 0.492 e. The van der Waals surface area contributed by atoms with Gasteiger partial charge in [0.2, 0.25) is 0 Å². The van der Waals surface area contributed by atoms with E-state index in [4.69, 9.17) is 27.9 Å². The first-order valence-corrected chi connectivity index (χ1v) is 8.71. The Morgan fingerprint density at radius 1 is 1.47 bits per heavy atom. The van der Waals surface area contributed by atoms with Crippen molar-refractivity contribution >= 4 is 34.0 Å². The van der Waals surface area contributed by atoms with Crippen LogP contribution in [0.2, 0.25) is 10.0 Å². The van der Waals surface area contributed by atoms with Crippen molar-refractivity contribution < 1.29 is 8.95 Å². The average Bonchev–Trinajstić information content (AvgIpc) is 2.34. The third-order valence-corrected chi connectivity index (χ3v) is 4.43. The van der Waals surface area contributed by atoms with Gasteiger partial charge in [0.05, 0.1) is 11.6 Å². The van der Waals surface area contributed by atoms with Crippen LogP contribution in [0.3, 0.4) is 0 Å². The third kappa shape index (κ3) is 4.09. The molecule has 0 aliphatic carbocycles. The summed E-state index contributed by atoms with van der Waals surface area (Å²) in [4.78, 5) is 0. The second-order valence-corrected chi connectivity index (χ2v) is 6.98. The van der Waals surface area contributed by atoms with Crippen LogP contribution in [0.5, 0.6) is 5.75 Å². The maximum atomic E-state index is 11.0. The molecule has 19 heavy (non-hydrogen) atoms. The number of fused-ring (bicyclic) bond motifs is 1. The lowest BCUT2D eigenvalue weighted by molar-refractivity contribution is 0.253. The van der Waals surface area contributed by atoms with E-state index in [2.05, 4.69) is 5.32 Å². The number of halogens is 2. The number of benzene rings is 1. The van der Waals surface area contributed by atoms with E-state index in [9.17, 15) is 4.21 Å². The quantitative estimate of drug-likeness (QED) is 0.846. The lowest BCUT2D eigenvalue weighted by Crippen LogP contribution is -2.28. The Hall–Kier alpha value is -0.290. The van der Waals surface area contributed by atoms with E-state index in [1.165, 1.54) is 0 Å². The van der Waals surface area contributed by atoms with E-state index in [-0.39, 0.29) is 6.04 Å². The zero-order valence-electron chi connectivity index (χ0n) is 10.7. The third-order valence-electron chi connectivity index (χ3n) is 3.06. The fourth-order valence-corrected chi connectivity index (χ4v) is 3.30. The van der Waals surface area contributed by atoms with Gasteiger partial charge in [0, 0.05) is 45.9 Å². The summed E-state index contributed by atoms with van der Waals surface area (Å²) in [5, 5.41) is 4.64. The van der Waals surface area contributed by atoms with Crippen molar-refractivity contribution in [1.82, 2.24) is 5.32 Å². The fourth-order valence-electron chi connectivity index (χ4n) is 2.19. The predicted molar refractivity (Wildman–Crippen MR) is 80.9 cm³/mol. The SMILES string of the molecule is CS(=O)CCCNC1CCOc2c(Cl)cc(Cl)cc21. The minimum absolute atomic E-state index is 0.199. The van der Waals surface area contributed by atoms with Gasteiger partial charge in [-0.1, -0.05) is 23.2 Å². The number of hydrogen-bond acceptors (Lipinski definition) is 3. The highest BCUT2D eigenvalue weighted by Crippen LogP contribution is 2.39. The molecule has 1 aliphatic rings. The Kier molecular flexibility index (Phi) is 5.51. The molecule has 0 spiro atoms. The Balaban J connectivity index is 2.03. The fraction of sp³-hybridized carbons (Fsp3) is 0.538. The summed E-state index contributed by atoms with van der Waals surface area (Å²) < 4.78 is 16.6. The molecule has 2 atom stereocenters. The Bertz CT molecular complexity index is 482. The van der Waals surface area contributed by atoms with Gasteiger partial charge in [-0.15, -0.1) is 0 Å². The molecule has 1 N–H and O–H groups in total. The maximum Gasteiger partial charge on any atom is 0.142 e. The van der Waals surface area contributed by atoms with Crippen LogP contribution in [0.25, 0.3) is 0 Å². The zero-order chi connectivity index (χ0) is 13.8. The van der Waals surface area contributed by atoms with Gasteiger partial charge in [0.1, 0.15) is 5.75 Å². The van der Waals surface area contributed by atoms with Crippen molar-refractivity contribution in [3.8, 4) is 5.75 Å². The standard InChI is InChI=1S/C13H17Cl2NO2S/c1-19(17)6-2-4-16-12-3-5-18-13-10(12)7-9(14)8-11(13)15/h7-8,12,16H,2-6H2,1H3. The summed E-state index contributed by atoms with van der Waals surface area (Å²) in [6, 6.07) is 3.80. The lowest BCUT2D eigenvalue weighted by Gasteiger charge is -2.27. The first-order chi connectivity index (χ1) is 9.08. The van der Waals surface area contributed by atoms with Gasteiger partial charge in [0.15, 0.2) is 0 Å². The van der Waals surface area contributed by atoms with Gasteiger partial charge in [-0.2, -0.15) is 0 Å². The lowest BCUT2D eigenvalue weighted by atomic mass is 10.0. The molecule has 0 radical (unpaired) electrons. The van der Waals surface area contributed by atoms with E-state index in [0.29, 0.717) is 16.7 Å². The van der Waals surface area contributed by atoms with Crippen molar-refractivity contribution in [1.29, 1.82) is 0 Å². The molecule has 0 fully saturated rings. The van der Waals surface area contributed by atoms with Crippen LogP contribution in [-0.4, -0.2) is 29.4 Å². The summed E-state index contributed by atoms with van der Waals surface area (Å²) in [6.45, 7) is 1.47. The topological polar surface area (TPSA) is 38.3 Å². The highest BCUT2D eigenvalue weighted by molar-refractivity contribution is 7.84. The van der Waals surface area contributed by atoms with Gasteiger partial charge in [-0.3, -0.25) is 4.21 Å². The van der Waals surface area contributed by atoms with Gasteiger partial charge >= 0.3 is 0 Å². The van der Waals surface area contributed by atoms with Gasteiger partial charge in [0.25, 0.3) is 0 Å². The molecule has 1 aliphatic heterocycles. The molecule has 0 saturated carbocycles. The molecule has 106 valence electrons. The molecule has 2 unspecified atom stereocenters. The van der Waals surface area contributed by atoms with Crippen LogP contribution in [-0.2, 0) is 10.8 Å². The molecule has 2 rings (SSSR count). The molecule has 6 heteroatoms. The molecule has 1 aromatic rings. The molecule has 3 nitrogen and oxygen atoms in total. The zero-order valence-corrected chi connectivity index (χ0v) is 13.1. The summed E-state index contributed by atoms with van der Waals surface area (Å²) in [5.41, 5.74) is 1.02. The minimum Gasteiger partial charge on any atom is -0.492 e. The molecular formula is C13H17Cl2NO2S. The summed E-state index contributed by atoms with van der Waals surface area (Å²) in [5.74, 6) is 1.45. The monoisotopic (exact) mass is 321 g/mol. The highest BCUT2D eigenvalue weighted by Gasteiger charge is 2.23. The normalized spacial score (nSPS) is 19.6. The first kappa shape index (κ1) is 15.1. The average molecular weight is 322 g/mol. The van der Waals surface area contributed by atoms with E-state index in [1.807, 2.05) is 6.07 Å². The summed E-state index contributed by atoms with van der Waals surface area (Å²) >= 11 is 12.2. The molecule has 0 amide bonds. The highest BCUT2D eigenvalue weighted by atomic mass is 35.5. The van der Waals surface area contributed by atoms with Crippen molar-refractivity contribution in [2.75, 3.05) is 25.2 Å². The summed E-state index contributed by atoms with van der Waals surface area (Å²) in [7, 11) is -0.731. The predicted octanol–water partition coefficient (Wildman–Crippen LogP) is 3.18. The van der Waals surface area contributed by atoms with E-state index >= 15 is 0 Å². The van der Waals surface area contributed by atoms with E-state index < -0.39 is 10.8 Å². The van der Waals surface area contributed by atoms with Gasteiger partial charge in [-0.05, 0) is 25.1 Å². The second-order valence-electron chi connectivity index (χ2n) is 4.58. The van der Waals surface area contributed by atoms with E-state index in [1.54, 1.807) is 12.3 Å².